The van der Waals surface area contributed by atoms with Gasteiger partial charge in [-0.05, 0) is 24.3 Å². The lowest BCUT2D eigenvalue weighted by molar-refractivity contribution is -0.121. The van der Waals surface area contributed by atoms with Crippen molar-refractivity contribution in [2.45, 2.75) is 12.5 Å². The highest BCUT2D eigenvalue weighted by molar-refractivity contribution is 5.96. The summed E-state index contributed by atoms with van der Waals surface area (Å²) in [5.41, 5.74) is 0. The van der Waals surface area contributed by atoms with Gasteiger partial charge in [-0.15, -0.1) is 12.3 Å². The summed E-state index contributed by atoms with van der Waals surface area (Å²) in [5, 5.41) is 9.17. The average Bonchev–Trinajstić information content (AvgIpc) is 2.67. The molecule has 0 aliphatic rings. The van der Waals surface area contributed by atoms with Crippen LogP contribution in [0.15, 0.2) is 28.9 Å². The van der Waals surface area contributed by atoms with Gasteiger partial charge in [-0.25, -0.2) is 0 Å². The Bertz CT molecular complexity index is 354. The van der Waals surface area contributed by atoms with Gasteiger partial charge >= 0.3 is 0 Å². The van der Waals surface area contributed by atoms with Crippen LogP contribution in [0.25, 0.3) is 6.08 Å². The van der Waals surface area contributed by atoms with Crippen molar-refractivity contribution in [3.8, 4) is 12.3 Å². The molecule has 1 rings (SSSR count). The minimum atomic E-state index is -1.12. The molecule has 1 aromatic rings. The fraction of sp³-hybridized carbons (Fsp3) is 0.182. The second-order valence-corrected chi connectivity index (χ2v) is 2.68. The molecule has 1 unspecified atom stereocenters. The van der Waals surface area contributed by atoms with E-state index in [9.17, 15) is 9.90 Å². The summed E-state index contributed by atoms with van der Waals surface area (Å²) in [4.78, 5) is 11.2. The summed E-state index contributed by atoms with van der Waals surface area (Å²) >= 11 is 0. The highest BCUT2D eigenvalue weighted by atomic mass is 16.3. The smallest absolute Gasteiger partial charge is 0.185 e. The standard InChI is InChI=1S/C11H10O3/c1-2-4-10(12)11(13)7-6-9-5-3-8-14-9/h1,3,5-8,10,12H,4H2/b7-6+. The van der Waals surface area contributed by atoms with E-state index in [1.54, 1.807) is 12.1 Å². The van der Waals surface area contributed by atoms with Crippen LogP contribution in [0.1, 0.15) is 12.2 Å². The minimum Gasteiger partial charge on any atom is -0.465 e. The highest BCUT2D eigenvalue weighted by Crippen LogP contribution is 2.03. The van der Waals surface area contributed by atoms with E-state index in [1.807, 2.05) is 0 Å². The second kappa shape index (κ2) is 5.05. The Kier molecular flexibility index (Phi) is 3.71. The first-order chi connectivity index (χ1) is 6.74. The number of hydrogen-bond acceptors (Lipinski definition) is 3. The third kappa shape index (κ3) is 2.92. The fourth-order valence-electron chi connectivity index (χ4n) is 0.874. The van der Waals surface area contributed by atoms with Crippen LogP contribution in [0, 0.1) is 12.3 Å². The molecule has 0 bridgehead atoms. The molecule has 0 saturated carbocycles. The minimum absolute atomic E-state index is 0.0291. The van der Waals surface area contributed by atoms with Gasteiger partial charge in [-0.3, -0.25) is 4.79 Å². The number of aliphatic hydroxyl groups excluding tert-OH is 1. The van der Waals surface area contributed by atoms with Gasteiger partial charge in [0, 0.05) is 6.42 Å². The van der Waals surface area contributed by atoms with Gasteiger partial charge in [0.15, 0.2) is 5.78 Å². The number of ketones is 1. The van der Waals surface area contributed by atoms with Gasteiger partial charge in [0.2, 0.25) is 0 Å². The Morgan fingerprint density at radius 2 is 2.57 bits per heavy atom. The molecule has 1 N–H and O–H groups in total. The molecule has 72 valence electrons. The number of furan rings is 1. The zero-order chi connectivity index (χ0) is 10.4. The van der Waals surface area contributed by atoms with Crippen molar-refractivity contribution in [2.75, 3.05) is 0 Å². The molecule has 1 atom stereocenters. The summed E-state index contributed by atoms with van der Waals surface area (Å²) in [6, 6.07) is 3.42. The Morgan fingerprint density at radius 1 is 1.79 bits per heavy atom. The average molecular weight is 190 g/mol. The highest BCUT2D eigenvalue weighted by Gasteiger charge is 2.09. The monoisotopic (exact) mass is 190 g/mol. The molecule has 3 nitrogen and oxygen atoms in total. The molecular weight excluding hydrogens is 180 g/mol. The Balaban J connectivity index is 2.53. The van der Waals surface area contributed by atoms with Crippen molar-refractivity contribution in [3.05, 3.63) is 30.2 Å². The van der Waals surface area contributed by atoms with Crippen molar-refractivity contribution in [1.29, 1.82) is 0 Å². The Hall–Kier alpha value is -1.79. The SMILES string of the molecule is C#CCC(O)C(=O)/C=C/c1ccco1. The topological polar surface area (TPSA) is 50.4 Å². The largest absolute Gasteiger partial charge is 0.465 e. The maximum absolute atomic E-state index is 11.2. The van der Waals surface area contributed by atoms with Crippen LogP contribution in [0.3, 0.4) is 0 Å². The summed E-state index contributed by atoms with van der Waals surface area (Å²) in [5.74, 6) is 2.36. The fourth-order valence-corrected chi connectivity index (χ4v) is 0.874. The molecule has 0 aromatic carbocycles. The van der Waals surface area contributed by atoms with Crippen LogP contribution >= 0.6 is 0 Å². The predicted octanol–water partition coefficient (Wildman–Crippen LogP) is 1.25. The first kappa shape index (κ1) is 10.3. The van der Waals surface area contributed by atoms with E-state index < -0.39 is 11.9 Å². The summed E-state index contributed by atoms with van der Waals surface area (Å²) in [6.07, 6.45) is 8.10. The van der Waals surface area contributed by atoms with Crippen molar-refractivity contribution < 1.29 is 14.3 Å². The van der Waals surface area contributed by atoms with E-state index in [0.717, 1.165) is 0 Å². The normalized spacial score (nSPS) is 12.6. The number of hydrogen-bond donors (Lipinski definition) is 1. The predicted molar refractivity (Wildman–Crippen MR) is 52.2 cm³/mol. The molecule has 1 heterocycles. The molecule has 0 saturated heterocycles. The van der Waals surface area contributed by atoms with Crippen LogP contribution in [0.5, 0.6) is 0 Å². The number of carbonyl (C=O) groups excluding carboxylic acids is 1. The molecule has 0 fully saturated rings. The van der Waals surface area contributed by atoms with E-state index >= 15 is 0 Å². The number of rotatable bonds is 4. The third-order valence-electron chi connectivity index (χ3n) is 1.59. The maximum Gasteiger partial charge on any atom is 0.185 e. The first-order valence-corrected chi connectivity index (χ1v) is 4.11. The zero-order valence-corrected chi connectivity index (χ0v) is 7.51. The second-order valence-electron chi connectivity index (χ2n) is 2.68. The van der Waals surface area contributed by atoms with E-state index in [2.05, 4.69) is 5.92 Å². The van der Waals surface area contributed by atoms with Crippen LogP contribution in [-0.2, 0) is 4.79 Å². The van der Waals surface area contributed by atoms with E-state index in [-0.39, 0.29) is 6.42 Å². The molecule has 0 spiro atoms. The van der Waals surface area contributed by atoms with Crippen molar-refractivity contribution in [2.24, 2.45) is 0 Å². The van der Waals surface area contributed by atoms with Crippen LogP contribution in [-0.4, -0.2) is 17.0 Å². The van der Waals surface area contributed by atoms with Gasteiger partial charge in [0.05, 0.1) is 6.26 Å². The summed E-state index contributed by atoms with van der Waals surface area (Å²) in [7, 11) is 0. The van der Waals surface area contributed by atoms with Gasteiger partial charge in [-0.1, -0.05) is 0 Å². The maximum atomic E-state index is 11.2. The molecule has 0 aliphatic carbocycles. The molecule has 14 heavy (non-hydrogen) atoms. The van der Waals surface area contributed by atoms with E-state index in [4.69, 9.17) is 10.8 Å². The molecule has 0 aliphatic heterocycles. The van der Waals surface area contributed by atoms with Crippen LogP contribution in [0.2, 0.25) is 0 Å². The van der Waals surface area contributed by atoms with Gasteiger partial charge in [-0.2, -0.15) is 0 Å². The third-order valence-corrected chi connectivity index (χ3v) is 1.59. The van der Waals surface area contributed by atoms with Gasteiger partial charge < -0.3 is 9.52 Å². The lowest BCUT2D eigenvalue weighted by Crippen LogP contribution is -2.16. The number of terminal acetylenes is 1. The van der Waals surface area contributed by atoms with E-state index in [0.29, 0.717) is 5.76 Å². The first-order valence-electron chi connectivity index (χ1n) is 4.11. The lowest BCUT2D eigenvalue weighted by atomic mass is 10.1. The molecule has 0 amide bonds. The van der Waals surface area contributed by atoms with Gasteiger partial charge in [0.25, 0.3) is 0 Å². The van der Waals surface area contributed by atoms with Crippen molar-refractivity contribution in [3.63, 3.8) is 0 Å². The van der Waals surface area contributed by atoms with Crippen molar-refractivity contribution in [1.82, 2.24) is 0 Å². The summed E-state index contributed by atoms with van der Waals surface area (Å²) in [6.45, 7) is 0. The lowest BCUT2D eigenvalue weighted by Gasteiger charge is -1.99. The number of aliphatic hydroxyl groups is 1. The summed E-state index contributed by atoms with van der Waals surface area (Å²) < 4.78 is 4.96. The molecule has 1 aromatic heterocycles. The Labute approximate surface area is 82.0 Å². The van der Waals surface area contributed by atoms with Crippen molar-refractivity contribution >= 4 is 11.9 Å². The zero-order valence-electron chi connectivity index (χ0n) is 7.51. The number of carbonyl (C=O) groups is 1. The Morgan fingerprint density at radius 3 is 3.14 bits per heavy atom. The molecule has 3 heteroatoms. The molecular formula is C11H10O3. The van der Waals surface area contributed by atoms with Crippen LogP contribution in [0.4, 0.5) is 0 Å². The quantitative estimate of drug-likeness (QED) is 0.574. The van der Waals surface area contributed by atoms with E-state index in [1.165, 1.54) is 18.4 Å². The van der Waals surface area contributed by atoms with Crippen LogP contribution < -0.4 is 0 Å². The van der Waals surface area contributed by atoms with Gasteiger partial charge in [0.1, 0.15) is 11.9 Å². The molecule has 0 radical (unpaired) electrons.